The third-order valence-corrected chi connectivity index (χ3v) is 7.26. The van der Waals surface area contributed by atoms with Gasteiger partial charge in [0.15, 0.2) is 0 Å². The number of nitrogens with one attached hydrogen (secondary N) is 1. The normalized spacial score (nSPS) is 11.8. The summed E-state index contributed by atoms with van der Waals surface area (Å²) < 4.78 is 36.2. The van der Waals surface area contributed by atoms with Gasteiger partial charge in [-0.2, -0.15) is 0 Å². The van der Waals surface area contributed by atoms with E-state index in [1.54, 1.807) is 47.0 Å². The molecule has 9 heteroatoms. The van der Waals surface area contributed by atoms with Gasteiger partial charge in [-0.25, -0.2) is 8.42 Å². The van der Waals surface area contributed by atoms with Crippen LogP contribution in [0.1, 0.15) is 19.4 Å². The molecule has 0 radical (unpaired) electrons. The fourth-order valence-electron chi connectivity index (χ4n) is 3.22. The van der Waals surface area contributed by atoms with Crippen molar-refractivity contribution in [3.63, 3.8) is 0 Å². The minimum Gasteiger partial charge on any atom is -0.491 e. The number of aromatic nitrogens is 1. The van der Waals surface area contributed by atoms with Gasteiger partial charge in [0.05, 0.1) is 27.8 Å². The standard InChI is InChI=1S/C23H21ClN2O4S2/c1-15(2)30-19-9-7-18(8-10-19)25-32(28,29)20-11-12-21-22(13-20)31-23(27)26(21)14-16-3-5-17(24)6-4-16/h3-13,15,25H,14H2,1-2H3. The molecule has 0 saturated heterocycles. The largest absolute Gasteiger partial charge is 0.491 e. The molecule has 6 nitrogen and oxygen atoms in total. The summed E-state index contributed by atoms with van der Waals surface area (Å²) in [7, 11) is -3.82. The van der Waals surface area contributed by atoms with E-state index in [2.05, 4.69) is 4.72 Å². The predicted molar refractivity (Wildman–Crippen MR) is 130 cm³/mol. The SMILES string of the molecule is CC(C)Oc1ccc(NS(=O)(=O)c2ccc3c(c2)sc(=O)n3Cc2ccc(Cl)cc2)cc1. The van der Waals surface area contributed by atoms with Crippen molar-refractivity contribution in [2.45, 2.75) is 31.4 Å². The fraction of sp³-hybridized carbons (Fsp3) is 0.174. The van der Waals surface area contributed by atoms with Crippen LogP contribution in [0.4, 0.5) is 5.69 Å². The highest BCUT2D eigenvalue weighted by Crippen LogP contribution is 2.25. The average Bonchev–Trinajstić information content (AvgIpc) is 3.05. The molecule has 0 aliphatic carbocycles. The van der Waals surface area contributed by atoms with Crippen LogP contribution in [0.2, 0.25) is 5.02 Å². The number of nitrogens with zero attached hydrogens (tertiary/aromatic N) is 1. The molecular formula is C23H21ClN2O4S2. The number of ether oxygens (including phenoxy) is 1. The van der Waals surface area contributed by atoms with Gasteiger partial charge in [0.25, 0.3) is 10.0 Å². The summed E-state index contributed by atoms with van der Waals surface area (Å²) in [6.45, 7) is 4.22. The Labute approximate surface area is 195 Å². The smallest absolute Gasteiger partial charge is 0.308 e. The van der Waals surface area contributed by atoms with Crippen molar-refractivity contribution < 1.29 is 13.2 Å². The van der Waals surface area contributed by atoms with Gasteiger partial charge in [-0.3, -0.25) is 14.1 Å². The minimum atomic E-state index is -3.82. The van der Waals surface area contributed by atoms with Gasteiger partial charge in [-0.15, -0.1) is 0 Å². The van der Waals surface area contributed by atoms with Crippen LogP contribution in [0.25, 0.3) is 10.2 Å². The van der Waals surface area contributed by atoms with Crippen molar-refractivity contribution in [2.75, 3.05) is 4.72 Å². The quantitative estimate of drug-likeness (QED) is 0.380. The minimum absolute atomic E-state index is 0.0309. The Morgan fingerprint density at radius 1 is 1.03 bits per heavy atom. The number of sulfonamides is 1. The average molecular weight is 489 g/mol. The summed E-state index contributed by atoms with van der Waals surface area (Å²) in [6, 6.07) is 18.7. The maximum Gasteiger partial charge on any atom is 0.308 e. The number of fused-ring (bicyclic) bond motifs is 1. The van der Waals surface area contributed by atoms with Crippen molar-refractivity contribution in [1.82, 2.24) is 4.57 Å². The highest BCUT2D eigenvalue weighted by atomic mass is 35.5. The Bertz CT molecular complexity index is 1410. The molecule has 4 aromatic rings. The molecule has 1 heterocycles. The lowest BCUT2D eigenvalue weighted by Crippen LogP contribution is -2.14. The Morgan fingerprint density at radius 3 is 2.38 bits per heavy atom. The Balaban J connectivity index is 1.59. The fourth-order valence-corrected chi connectivity index (χ4v) is 5.44. The van der Waals surface area contributed by atoms with E-state index in [9.17, 15) is 13.2 Å². The zero-order valence-electron chi connectivity index (χ0n) is 17.4. The topological polar surface area (TPSA) is 77.4 Å². The molecule has 3 aromatic carbocycles. The summed E-state index contributed by atoms with van der Waals surface area (Å²) in [4.78, 5) is 12.5. The van der Waals surface area contributed by atoms with E-state index < -0.39 is 10.0 Å². The number of anilines is 1. The molecule has 166 valence electrons. The molecule has 0 aliphatic rings. The molecule has 0 unspecified atom stereocenters. The van der Waals surface area contributed by atoms with Crippen LogP contribution < -0.4 is 14.3 Å². The zero-order chi connectivity index (χ0) is 22.9. The Morgan fingerprint density at radius 2 is 1.72 bits per heavy atom. The van der Waals surface area contributed by atoms with E-state index in [4.69, 9.17) is 16.3 Å². The second-order valence-electron chi connectivity index (χ2n) is 7.51. The molecule has 0 spiro atoms. The first kappa shape index (κ1) is 22.4. The van der Waals surface area contributed by atoms with Gasteiger partial charge in [0.2, 0.25) is 0 Å². The van der Waals surface area contributed by atoms with Crippen LogP contribution in [-0.4, -0.2) is 19.1 Å². The second kappa shape index (κ2) is 8.97. The Kier molecular flexibility index (Phi) is 6.28. The van der Waals surface area contributed by atoms with Crippen LogP contribution >= 0.6 is 22.9 Å². The van der Waals surface area contributed by atoms with Crippen LogP contribution in [0.3, 0.4) is 0 Å². The maximum atomic E-state index is 12.9. The number of rotatable bonds is 7. The van der Waals surface area contributed by atoms with E-state index in [1.807, 2.05) is 26.0 Å². The first-order chi connectivity index (χ1) is 15.2. The highest BCUT2D eigenvalue weighted by molar-refractivity contribution is 7.92. The second-order valence-corrected chi connectivity index (χ2v) is 10.6. The first-order valence-corrected chi connectivity index (χ1v) is 12.6. The molecule has 1 N–H and O–H groups in total. The molecule has 0 fully saturated rings. The van der Waals surface area contributed by atoms with E-state index in [-0.39, 0.29) is 15.9 Å². The predicted octanol–water partition coefficient (Wildman–Crippen LogP) is 5.35. The zero-order valence-corrected chi connectivity index (χ0v) is 19.8. The van der Waals surface area contributed by atoms with Crippen molar-refractivity contribution in [1.29, 1.82) is 0 Å². The van der Waals surface area contributed by atoms with E-state index in [0.717, 1.165) is 16.9 Å². The molecule has 1 aromatic heterocycles. The molecule has 0 bridgehead atoms. The van der Waals surface area contributed by atoms with Crippen LogP contribution in [0.15, 0.2) is 76.4 Å². The number of benzene rings is 3. The number of halogens is 1. The van der Waals surface area contributed by atoms with E-state index >= 15 is 0 Å². The van der Waals surface area contributed by atoms with Crippen molar-refractivity contribution in [2.24, 2.45) is 0 Å². The summed E-state index contributed by atoms with van der Waals surface area (Å²) >= 11 is 6.95. The van der Waals surface area contributed by atoms with Gasteiger partial charge in [-0.1, -0.05) is 35.1 Å². The lowest BCUT2D eigenvalue weighted by Gasteiger charge is -2.12. The number of hydrogen-bond donors (Lipinski definition) is 1. The lowest BCUT2D eigenvalue weighted by atomic mass is 10.2. The monoisotopic (exact) mass is 488 g/mol. The van der Waals surface area contributed by atoms with Gasteiger partial charge >= 0.3 is 4.87 Å². The van der Waals surface area contributed by atoms with E-state index in [0.29, 0.717) is 33.2 Å². The highest BCUT2D eigenvalue weighted by Gasteiger charge is 2.17. The van der Waals surface area contributed by atoms with Gasteiger partial charge in [-0.05, 0) is 74.0 Å². The molecule has 32 heavy (non-hydrogen) atoms. The van der Waals surface area contributed by atoms with Crippen LogP contribution in [-0.2, 0) is 16.6 Å². The maximum absolute atomic E-state index is 12.9. The number of hydrogen-bond acceptors (Lipinski definition) is 5. The van der Waals surface area contributed by atoms with Crippen molar-refractivity contribution >= 4 is 48.9 Å². The van der Waals surface area contributed by atoms with Crippen LogP contribution in [0, 0.1) is 0 Å². The summed E-state index contributed by atoms with van der Waals surface area (Å²) in [5.41, 5.74) is 2.04. The third-order valence-electron chi connectivity index (χ3n) is 4.68. The van der Waals surface area contributed by atoms with Gasteiger partial charge in [0.1, 0.15) is 5.75 Å². The van der Waals surface area contributed by atoms with Gasteiger partial charge in [0, 0.05) is 10.7 Å². The third kappa shape index (κ3) is 4.98. The summed E-state index contributed by atoms with van der Waals surface area (Å²) in [5.74, 6) is 0.663. The first-order valence-electron chi connectivity index (χ1n) is 9.89. The molecule has 0 aliphatic heterocycles. The van der Waals surface area contributed by atoms with E-state index in [1.165, 1.54) is 12.1 Å². The molecule has 0 amide bonds. The van der Waals surface area contributed by atoms with Crippen molar-refractivity contribution in [3.8, 4) is 5.75 Å². The molecule has 4 rings (SSSR count). The molecular weight excluding hydrogens is 468 g/mol. The Hall–Kier alpha value is -2.81. The molecule has 0 saturated carbocycles. The number of thiazole rings is 1. The van der Waals surface area contributed by atoms with Gasteiger partial charge < -0.3 is 4.74 Å². The summed E-state index contributed by atoms with van der Waals surface area (Å²) in [5, 5.41) is 0.626. The summed E-state index contributed by atoms with van der Waals surface area (Å²) in [6.07, 6.45) is 0.0309. The van der Waals surface area contributed by atoms with Crippen LogP contribution in [0.5, 0.6) is 5.75 Å². The van der Waals surface area contributed by atoms with Crippen molar-refractivity contribution in [3.05, 3.63) is 87.0 Å². The lowest BCUT2D eigenvalue weighted by molar-refractivity contribution is 0.242. The molecule has 0 atom stereocenters.